The molecule has 2 heteroatoms. The van der Waals surface area contributed by atoms with Crippen LogP contribution in [0.25, 0.3) is 0 Å². The van der Waals surface area contributed by atoms with Crippen molar-refractivity contribution in [1.82, 2.24) is 10.2 Å². The lowest BCUT2D eigenvalue weighted by Crippen LogP contribution is -2.39. The fourth-order valence-electron chi connectivity index (χ4n) is 2.19. The minimum Gasteiger partial charge on any atom is -0.315 e. The highest BCUT2D eigenvalue weighted by Gasteiger charge is 2.22. The lowest BCUT2D eigenvalue weighted by atomic mass is 9.92. The smallest absolute Gasteiger partial charge is 0.0232 e. The van der Waals surface area contributed by atoms with E-state index in [1.807, 2.05) is 0 Å². The van der Waals surface area contributed by atoms with E-state index in [0.29, 0.717) is 5.41 Å². The molecule has 1 heterocycles. The summed E-state index contributed by atoms with van der Waals surface area (Å²) in [4.78, 5) is 2.69. The molecule has 0 aromatic rings. The Bertz CT molecular complexity index is 166. The molecule has 0 amide bonds. The molecule has 1 N–H and O–H groups in total. The maximum Gasteiger partial charge on any atom is 0.0232 e. The lowest BCUT2D eigenvalue weighted by molar-refractivity contribution is 0.179. The third kappa shape index (κ3) is 4.98. The molecular weight excluding hydrogens is 184 g/mol. The summed E-state index contributed by atoms with van der Waals surface area (Å²) in [5, 5.41) is 3.47. The quantitative estimate of drug-likeness (QED) is 0.753. The molecule has 0 bridgehead atoms. The van der Waals surface area contributed by atoms with Crippen LogP contribution in [0.3, 0.4) is 0 Å². The van der Waals surface area contributed by atoms with Crippen LogP contribution in [-0.2, 0) is 0 Å². The molecule has 1 atom stereocenters. The zero-order valence-corrected chi connectivity index (χ0v) is 11.0. The molecule has 1 unspecified atom stereocenters. The molecular formula is C13H28N2. The molecule has 0 aliphatic carbocycles. The minimum atomic E-state index is 0.470. The van der Waals surface area contributed by atoms with Crippen LogP contribution in [0.2, 0.25) is 0 Å². The Balaban J connectivity index is 2.35. The molecule has 2 nitrogen and oxygen atoms in total. The molecule has 0 aromatic carbocycles. The first-order chi connectivity index (χ1) is 7.03. The molecule has 1 saturated heterocycles. The maximum atomic E-state index is 3.47. The van der Waals surface area contributed by atoms with Crippen molar-refractivity contribution in [2.75, 3.05) is 26.2 Å². The van der Waals surface area contributed by atoms with E-state index in [0.717, 1.165) is 6.04 Å². The Kier molecular flexibility index (Phi) is 5.07. The third-order valence-electron chi connectivity index (χ3n) is 3.21. The highest BCUT2D eigenvalue weighted by molar-refractivity contribution is 4.81. The van der Waals surface area contributed by atoms with Gasteiger partial charge in [0.05, 0.1) is 0 Å². The predicted octanol–water partition coefficient (Wildman–Crippen LogP) is 2.50. The van der Waals surface area contributed by atoms with E-state index in [4.69, 9.17) is 0 Å². The Morgan fingerprint density at radius 3 is 2.47 bits per heavy atom. The SMILES string of the molecule is CCCN(CCC(C)(C)C)C1CCNC1. The van der Waals surface area contributed by atoms with Gasteiger partial charge in [0, 0.05) is 12.6 Å². The number of nitrogens with one attached hydrogen (secondary N) is 1. The topological polar surface area (TPSA) is 15.3 Å². The average molecular weight is 212 g/mol. The summed E-state index contributed by atoms with van der Waals surface area (Å²) in [7, 11) is 0. The van der Waals surface area contributed by atoms with Crippen LogP contribution in [0, 0.1) is 5.41 Å². The average Bonchev–Trinajstić information content (AvgIpc) is 2.63. The van der Waals surface area contributed by atoms with Crippen LogP contribution < -0.4 is 5.32 Å². The van der Waals surface area contributed by atoms with Crippen LogP contribution >= 0.6 is 0 Å². The van der Waals surface area contributed by atoms with Gasteiger partial charge in [0.25, 0.3) is 0 Å². The van der Waals surface area contributed by atoms with E-state index in [9.17, 15) is 0 Å². The summed E-state index contributed by atoms with van der Waals surface area (Å²) in [6, 6.07) is 0.798. The lowest BCUT2D eigenvalue weighted by Gasteiger charge is -2.31. The fraction of sp³-hybridized carbons (Fsp3) is 1.00. The van der Waals surface area contributed by atoms with Crippen molar-refractivity contribution in [3.05, 3.63) is 0 Å². The van der Waals surface area contributed by atoms with Crippen molar-refractivity contribution in [2.45, 2.75) is 53.0 Å². The molecule has 1 rings (SSSR count). The molecule has 1 fully saturated rings. The molecule has 0 saturated carbocycles. The standard InChI is InChI=1S/C13H28N2/c1-5-9-15(10-7-13(2,3)4)12-6-8-14-11-12/h12,14H,5-11H2,1-4H3. The first-order valence-corrected chi connectivity index (χ1v) is 6.47. The van der Waals surface area contributed by atoms with Crippen LogP contribution in [-0.4, -0.2) is 37.1 Å². The largest absolute Gasteiger partial charge is 0.315 e. The molecule has 15 heavy (non-hydrogen) atoms. The fourth-order valence-corrected chi connectivity index (χ4v) is 2.19. The van der Waals surface area contributed by atoms with Crippen LogP contribution in [0.5, 0.6) is 0 Å². The number of hydrogen-bond donors (Lipinski definition) is 1. The summed E-state index contributed by atoms with van der Waals surface area (Å²) in [6.07, 6.45) is 3.92. The summed E-state index contributed by atoms with van der Waals surface area (Å²) in [6.45, 7) is 14.2. The normalized spacial score (nSPS) is 22.6. The Hall–Kier alpha value is -0.0800. The van der Waals surface area contributed by atoms with E-state index in [1.54, 1.807) is 0 Å². The summed E-state index contributed by atoms with van der Waals surface area (Å²) < 4.78 is 0. The Morgan fingerprint density at radius 2 is 2.00 bits per heavy atom. The predicted molar refractivity (Wildman–Crippen MR) is 67.2 cm³/mol. The molecule has 0 aromatic heterocycles. The summed E-state index contributed by atoms with van der Waals surface area (Å²) in [5.41, 5.74) is 0.470. The van der Waals surface area contributed by atoms with Gasteiger partial charge in [-0.3, -0.25) is 4.90 Å². The molecule has 1 aliphatic heterocycles. The third-order valence-corrected chi connectivity index (χ3v) is 3.21. The van der Waals surface area contributed by atoms with Crippen molar-refractivity contribution in [1.29, 1.82) is 0 Å². The van der Waals surface area contributed by atoms with E-state index in [1.165, 1.54) is 45.4 Å². The molecule has 0 spiro atoms. The van der Waals surface area contributed by atoms with Gasteiger partial charge in [-0.05, 0) is 44.3 Å². The van der Waals surface area contributed by atoms with Gasteiger partial charge in [0.1, 0.15) is 0 Å². The van der Waals surface area contributed by atoms with Gasteiger partial charge in [0.15, 0.2) is 0 Å². The molecule has 90 valence electrons. The summed E-state index contributed by atoms with van der Waals surface area (Å²) >= 11 is 0. The maximum absolute atomic E-state index is 3.47. The van der Waals surface area contributed by atoms with E-state index >= 15 is 0 Å². The van der Waals surface area contributed by atoms with Gasteiger partial charge in [-0.2, -0.15) is 0 Å². The van der Waals surface area contributed by atoms with Gasteiger partial charge in [-0.25, -0.2) is 0 Å². The number of nitrogens with zero attached hydrogens (tertiary/aromatic N) is 1. The van der Waals surface area contributed by atoms with Gasteiger partial charge < -0.3 is 5.32 Å². The second kappa shape index (κ2) is 5.86. The van der Waals surface area contributed by atoms with Crippen molar-refractivity contribution in [2.24, 2.45) is 5.41 Å². The van der Waals surface area contributed by atoms with Crippen molar-refractivity contribution < 1.29 is 0 Å². The van der Waals surface area contributed by atoms with Gasteiger partial charge >= 0.3 is 0 Å². The van der Waals surface area contributed by atoms with Gasteiger partial charge in [0.2, 0.25) is 0 Å². The monoisotopic (exact) mass is 212 g/mol. The first-order valence-electron chi connectivity index (χ1n) is 6.47. The van der Waals surface area contributed by atoms with Crippen molar-refractivity contribution >= 4 is 0 Å². The zero-order chi connectivity index (χ0) is 11.3. The van der Waals surface area contributed by atoms with Crippen LogP contribution in [0.1, 0.15) is 47.0 Å². The van der Waals surface area contributed by atoms with Gasteiger partial charge in [-0.1, -0.05) is 27.7 Å². The summed E-state index contributed by atoms with van der Waals surface area (Å²) in [5.74, 6) is 0. The first kappa shape index (κ1) is 13.0. The van der Waals surface area contributed by atoms with Crippen molar-refractivity contribution in [3.8, 4) is 0 Å². The Labute approximate surface area is 95.4 Å². The number of rotatable bonds is 5. The molecule has 1 aliphatic rings. The molecule has 0 radical (unpaired) electrons. The van der Waals surface area contributed by atoms with Crippen molar-refractivity contribution in [3.63, 3.8) is 0 Å². The van der Waals surface area contributed by atoms with Gasteiger partial charge in [-0.15, -0.1) is 0 Å². The number of hydrogen-bond acceptors (Lipinski definition) is 2. The van der Waals surface area contributed by atoms with E-state index < -0.39 is 0 Å². The highest BCUT2D eigenvalue weighted by Crippen LogP contribution is 2.20. The second-order valence-corrected chi connectivity index (χ2v) is 5.99. The second-order valence-electron chi connectivity index (χ2n) is 5.99. The van der Waals surface area contributed by atoms with Crippen LogP contribution in [0.15, 0.2) is 0 Å². The highest BCUT2D eigenvalue weighted by atomic mass is 15.2. The minimum absolute atomic E-state index is 0.470. The Morgan fingerprint density at radius 1 is 1.27 bits per heavy atom. The van der Waals surface area contributed by atoms with E-state index in [-0.39, 0.29) is 0 Å². The van der Waals surface area contributed by atoms with E-state index in [2.05, 4.69) is 37.9 Å². The zero-order valence-electron chi connectivity index (χ0n) is 11.0. The van der Waals surface area contributed by atoms with Crippen LogP contribution in [0.4, 0.5) is 0 Å².